The number of carbonyl (C=O) groups excluding carboxylic acids is 1. The van der Waals surface area contributed by atoms with E-state index in [1.54, 1.807) is 0 Å². The monoisotopic (exact) mass is 370 g/mol. The number of halogens is 2. The van der Waals surface area contributed by atoms with Crippen LogP contribution < -0.4 is 0 Å². The fraction of sp³-hybridized carbons (Fsp3) is 0.375. The standard InChI is InChI=1S/C16H16F2N2O2S2/c17-12-2-1-11(13(18)10-12)9-14-15(21)20(16(23)24-14)4-3-19-5-7-22-8-6-19/h1-2,9-10H,3-8H2/b14-9+. The Balaban J connectivity index is 1.67. The van der Waals surface area contributed by atoms with E-state index < -0.39 is 11.6 Å². The predicted octanol–water partition coefficient (Wildman–Crippen LogP) is 2.50. The van der Waals surface area contributed by atoms with Gasteiger partial charge in [0.2, 0.25) is 0 Å². The van der Waals surface area contributed by atoms with Crippen LogP contribution >= 0.6 is 24.0 Å². The van der Waals surface area contributed by atoms with Crippen molar-refractivity contribution in [3.8, 4) is 0 Å². The van der Waals surface area contributed by atoms with E-state index in [2.05, 4.69) is 4.90 Å². The molecule has 1 aromatic rings. The molecule has 2 fully saturated rings. The fourth-order valence-corrected chi connectivity index (χ4v) is 3.82. The predicted molar refractivity (Wildman–Crippen MR) is 93.5 cm³/mol. The maximum Gasteiger partial charge on any atom is 0.266 e. The molecule has 0 bridgehead atoms. The smallest absolute Gasteiger partial charge is 0.266 e. The number of thiocarbonyl (C=S) groups is 1. The molecule has 3 rings (SSSR count). The van der Waals surface area contributed by atoms with E-state index in [0.717, 1.165) is 37.0 Å². The summed E-state index contributed by atoms with van der Waals surface area (Å²) in [6, 6.07) is 3.27. The molecule has 24 heavy (non-hydrogen) atoms. The summed E-state index contributed by atoms with van der Waals surface area (Å²) in [5, 5.41) is 0. The van der Waals surface area contributed by atoms with E-state index in [-0.39, 0.29) is 11.5 Å². The minimum absolute atomic E-state index is 0.171. The van der Waals surface area contributed by atoms with Gasteiger partial charge in [0.05, 0.1) is 18.1 Å². The molecule has 128 valence electrons. The maximum absolute atomic E-state index is 13.7. The van der Waals surface area contributed by atoms with Gasteiger partial charge in [-0.25, -0.2) is 8.78 Å². The molecule has 0 saturated carbocycles. The van der Waals surface area contributed by atoms with E-state index in [1.807, 2.05) is 0 Å². The third-order valence-corrected chi connectivity index (χ3v) is 5.24. The second kappa shape index (κ2) is 7.69. The van der Waals surface area contributed by atoms with Crippen LogP contribution in [-0.2, 0) is 9.53 Å². The van der Waals surface area contributed by atoms with Crippen LogP contribution in [0.5, 0.6) is 0 Å². The average Bonchev–Trinajstić information content (AvgIpc) is 2.83. The number of nitrogens with zero attached hydrogens (tertiary/aromatic N) is 2. The third-order valence-electron chi connectivity index (χ3n) is 3.87. The van der Waals surface area contributed by atoms with Crippen molar-refractivity contribution in [3.63, 3.8) is 0 Å². The van der Waals surface area contributed by atoms with Gasteiger partial charge >= 0.3 is 0 Å². The Morgan fingerprint density at radius 1 is 1.25 bits per heavy atom. The molecule has 0 aromatic heterocycles. The van der Waals surface area contributed by atoms with Gasteiger partial charge in [0.1, 0.15) is 16.0 Å². The molecule has 0 unspecified atom stereocenters. The Labute approximate surface area is 148 Å². The van der Waals surface area contributed by atoms with Gasteiger partial charge in [0.25, 0.3) is 5.91 Å². The summed E-state index contributed by atoms with van der Waals surface area (Å²) < 4.78 is 32.5. The first kappa shape index (κ1) is 17.5. The van der Waals surface area contributed by atoms with Crippen molar-refractivity contribution >= 4 is 40.3 Å². The lowest BCUT2D eigenvalue weighted by molar-refractivity contribution is -0.122. The molecule has 2 saturated heterocycles. The van der Waals surface area contributed by atoms with Gasteiger partial charge in [-0.3, -0.25) is 14.6 Å². The molecule has 0 N–H and O–H groups in total. The van der Waals surface area contributed by atoms with Gasteiger partial charge < -0.3 is 4.74 Å². The zero-order valence-corrected chi connectivity index (χ0v) is 14.5. The SMILES string of the molecule is O=C1/C(=C\c2ccc(F)cc2F)SC(=S)N1CCN1CCOCC1. The summed E-state index contributed by atoms with van der Waals surface area (Å²) in [6.45, 7) is 4.28. The first-order chi connectivity index (χ1) is 11.5. The number of amides is 1. The molecule has 1 amide bonds. The summed E-state index contributed by atoms with van der Waals surface area (Å²) in [5.74, 6) is -1.58. The Kier molecular flexibility index (Phi) is 5.60. The fourth-order valence-electron chi connectivity index (χ4n) is 2.52. The lowest BCUT2D eigenvalue weighted by Crippen LogP contribution is -2.42. The molecule has 0 radical (unpaired) electrons. The average molecular weight is 370 g/mol. The molecule has 4 nitrogen and oxygen atoms in total. The number of morpholine rings is 1. The Morgan fingerprint density at radius 2 is 2.00 bits per heavy atom. The van der Waals surface area contributed by atoms with E-state index in [4.69, 9.17) is 17.0 Å². The molecule has 0 aliphatic carbocycles. The molecular formula is C16H16F2N2O2S2. The van der Waals surface area contributed by atoms with Gasteiger partial charge in [-0.15, -0.1) is 0 Å². The number of benzene rings is 1. The third kappa shape index (κ3) is 4.00. The first-order valence-electron chi connectivity index (χ1n) is 7.55. The number of rotatable bonds is 4. The quantitative estimate of drug-likeness (QED) is 0.601. The van der Waals surface area contributed by atoms with Crippen LogP contribution in [0.15, 0.2) is 23.1 Å². The van der Waals surface area contributed by atoms with Crippen LogP contribution in [0.1, 0.15) is 5.56 Å². The van der Waals surface area contributed by atoms with Crippen molar-refractivity contribution in [1.82, 2.24) is 9.80 Å². The highest BCUT2D eigenvalue weighted by Crippen LogP contribution is 2.32. The van der Waals surface area contributed by atoms with Gasteiger partial charge in [0, 0.05) is 37.8 Å². The van der Waals surface area contributed by atoms with E-state index in [9.17, 15) is 13.6 Å². The summed E-state index contributed by atoms with van der Waals surface area (Å²) in [5.41, 5.74) is 0.171. The van der Waals surface area contributed by atoms with Crippen LogP contribution in [0, 0.1) is 11.6 Å². The van der Waals surface area contributed by atoms with Crippen LogP contribution in [0.2, 0.25) is 0 Å². The van der Waals surface area contributed by atoms with Crippen LogP contribution in [0.4, 0.5) is 8.78 Å². The van der Waals surface area contributed by atoms with Crippen molar-refractivity contribution < 1.29 is 18.3 Å². The molecule has 8 heteroatoms. The largest absolute Gasteiger partial charge is 0.379 e. The molecule has 2 aliphatic rings. The highest BCUT2D eigenvalue weighted by atomic mass is 32.2. The molecule has 2 aliphatic heterocycles. The molecule has 2 heterocycles. The summed E-state index contributed by atoms with van der Waals surface area (Å²) in [4.78, 5) is 16.6. The van der Waals surface area contributed by atoms with E-state index in [0.29, 0.717) is 35.5 Å². The first-order valence-corrected chi connectivity index (χ1v) is 8.77. The van der Waals surface area contributed by atoms with Crippen molar-refractivity contribution in [2.45, 2.75) is 0 Å². The normalized spacial score (nSPS) is 21.1. The number of thioether (sulfide) groups is 1. The molecule has 0 atom stereocenters. The minimum atomic E-state index is -0.700. The van der Waals surface area contributed by atoms with Crippen LogP contribution in [0.25, 0.3) is 6.08 Å². The number of hydrogen-bond donors (Lipinski definition) is 0. The second-order valence-electron chi connectivity index (χ2n) is 5.45. The molecule has 0 spiro atoms. The summed E-state index contributed by atoms with van der Waals surface area (Å²) in [6.07, 6.45) is 1.42. The number of carbonyl (C=O) groups is 1. The lowest BCUT2D eigenvalue weighted by Gasteiger charge is -2.28. The zero-order chi connectivity index (χ0) is 17.1. The van der Waals surface area contributed by atoms with Gasteiger partial charge in [-0.1, -0.05) is 24.0 Å². The van der Waals surface area contributed by atoms with Crippen molar-refractivity contribution in [3.05, 3.63) is 40.3 Å². The van der Waals surface area contributed by atoms with E-state index >= 15 is 0 Å². The van der Waals surface area contributed by atoms with Crippen molar-refractivity contribution in [2.24, 2.45) is 0 Å². The summed E-state index contributed by atoms with van der Waals surface area (Å²) in [7, 11) is 0. The molecule has 1 aromatic carbocycles. The van der Waals surface area contributed by atoms with Crippen molar-refractivity contribution in [1.29, 1.82) is 0 Å². The zero-order valence-electron chi connectivity index (χ0n) is 12.8. The second-order valence-corrected chi connectivity index (χ2v) is 7.13. The minimum Gasteiger partial charge on any atom is -0.379 e. The Bertz CT molecular complexity index is 691. The van der Waals surface area contributed by atoms with Crippen LogP contribution in [-0.4, -0.2) is 59.4 Å². The van der Waals surface area contributed by atoms with Gasteiger partial charge in [0.15, 0.2) is 0 Å². The lowest BCUT2D eigenvalue weighted by atomic mass is 10.2. The van der Waals surface area contributed by atoms with Crippen molar-refractivity contribution in [2.75, 3.05) is 39.4 Å². The highest BCUT2D eigenvalue weighted by molar-refractivity contribution is 8.26. The molecular weight excluding hydrogens is 354 g/mol. The maximum atomic E-state index is 13.7. The van der Waals surface area contributed by atoms with Gasteiger partial charge in [-0.05, 0) is 18.2 Å². The Hall–Kier alpha value is -1.35. The Morgan fingerprint density at radius 3 is 2.71 bits per heavy atom. The van der Waals surface area contributed by atoms with Crippen LogP contribution in [0.3, 0.4) is 0 Å². The van der Waals surface area contributed by atoms with E-state index in [1.165, 1.54) is 17.0 Å². The summed E-state index contributed by atoms with van der Waals surface area (Å²) >= 11 is 6.40. The number of ether oxygens (including phenoxy) is 1. The highest BCUT2D eigenvalue weighted by Gasteiger charge is 2.32. The number of hydrogen-bond acceptors (Lipinski definition) is 5. The topological polar surface area (TPSA) is 32.8 Å². The van der Waals surface area contributed by atoms with Gasteiger partial charge in [-0.2, -0.15) is 0 Å².